The summed E-state index contributed by atoms with van der Waals surface area (Å²) in [5.74, 6) is -6.20. The molecule has 466 valence electrons. The van der Waals surface area contributed by atoms with Gasteiger partial charge in [0.2, 0.25) is 59.6 Å². The molecular formula is C59H109N11O11. The van der Waals surface area contributed by atoms with E-state index in [4.69, 9.17) is 0 Å². The third-order valence-electron chi connectivity index (χ3n) is 14.5. The van der Waals surface area contributed by atoms with Gasteiger partial charge in [-0.25, -0.2) is 0 Å². The number of rotatable bonds is 39. The van der Waals surface area contributed by atoms with Crippen LogP contribution in [0.25, 0.3) is 0 Å². The lowest BCUT2D eigenvalue weighted by atomic mass is 9.95. The first kappa shape index (κ1) is 73.6. The van der Waals surface area contributed by atoms with Gasteiger partial charge in [0.1, 0.15) is 46.9 Å². The number of aliphatic hydroxyl groups is 1. The summed E-state index contributed by atoms with van der Waals surface area (Å²) in [7, 11) is 3.79. The van der Waals surface area contributed by atoms with E-state index in [2.05, 4.69) is 49.5 Å². The molecule has 10 amide bonds. The summed E-state index contributed by atoms with van der Waals surface area (Å²) < 4.78 is 0. The lowest BCUT2D eigenvalue weighted by Crippen LogP contribution is -2.66. The smallest absolute Gasteiger partial charge is 0.246 e. The van der Waals surface area contributed by atoms with Crippen molar-refractivity contribution in [3.05, 3.63) is 0 Å². The molecule has 1 fully saturated rings. The number of nitrogens with zero attached hydrogens (tertiary/aromatic N) is 3. The molecule has 0 aromatic heterocycles. The van der Waals surface area contributed by atoms with Gasteiger partial charge >= 0.3 is 0 Å². The van der Waals surface area contributed by atoms with Crippen molar-refractivity contribution in [2.45, 2.75) is 266 Å². The molecule has 0 radical (unpaired) electrons. The fourth-order valence-corrected chi connectivity index (χ4v) is 9.70. The highest BCUT2D eigenvalue weighted by Gasteiger charge is 2.43. The third kappa shape index (κ3) is 26.2. The summed E-state index contributed by atoms with van der Waals surface area (Å²) >= 11 is 0. The molecule has 1 heterocycles. The minimum absolute atomic E-state index is 0.0223. The van der Waals surface area contributed by atoms with Gasteiger partial charge in [-0.05, 0) is 119 Å². The average Bonchev–Trinajstić information content (AvgIpc) is 3.86. The zero-order chi connectivity index (χ0) is 62.0. The van der Waals surface area contributed by atoms with E-state index >= 15 is 0 Å². The Morgan fingerprint density at radius 1 is 0.617 bits per heavy atom. The predicted molar refractivity (Wildman–Crippen MR) is 315 cm³/mol. The molecule has 1 aliphatic rings. The van der Waals surface area contributed by atoms with Crippen molar-refractivity contribution < 1.29 is 53.1 Å². The van der Waals surface area contributed by atoms with E-state index in [1.165, 1.54) is 46.4 Å². The van der Waals surface area contributed by atoms with Crippen LogP contribution in [0.1, 0.15) is 207 Å². The number of hydrogen-bond donors (Lipinski definition) is 9. The molecule has 1 saturated heterocycles. The van der Waals surface area contributed by atoms with Crippen molar-refractivity contribution >= 4 is 59.6 Å². The molecule has 0 aliphatic carbocycles. The zero-order valence-corrected chi connectivity index (χ0v) is 52.7. The maximum absolute atomic E-state index is 14.6. The number of likely N-dealkylation sites (N-methyl/N-ethyl adjacent to an activating group) is 1. The van der Waals surface area contributed by atoms with E-state index in [-0.39, 0.29) is 61.9 Å². The molecule has 0 saturated carbocycles. The van der Waals surface area contributed by atoms with Crippen molar-refractivity contribution in [3.63, 3.8) is 0 Å². The van der Waals surface area contributed by atoms with Gasteiger partial charge in [-0.3, -0.25) is 47.9 Å². The largest absolute Gasteiger partial charge is 0.390 e. The Labute approximate surface area is 485 Å². The van der Waals surface area contributed by atoms with Crippen LogP contribution >= 0.6 is 0 Å². The van der Waals surface area contributed by atoms with E-state index in [0.29, 0.717) is 51.6 Å². The average molecular weight is 1150 g/mol. The SMILES string of the molecule is CCCCCCCC[C@@H](C(=O)N[C@H](C(=O)NC(C)(C)C(=O)N[C@@H](CC(C)C)C(=O)N[C@@H](CC(C)C)C(=O)NC(C)(C)C(=O)NC(C)(C)C(=O)NCCC(=O)N[C@@H](C)CN(C)C)[C@H](O)C(C)C)N(C=O)[C@@H]1CCCN1C(=O)CCCCC. The number of carbonyl (C=O) groups excluding carboxylic acids is 10. The van der Waals surface area contributed by atoms with Crippen LogP contribution in [-0.4, -0.2) is 172 Å². The van der Waals surface area contributed by atoms with Crippen molar-refractivity contribution in [1.29, 1.82) is 0 Å². The third-order valence-corrected chi connectivity index (χ3v) is 14.5. The number of aliphatic hydroxyl groups excluding tert-OH is 1. The number of amides is 10. The molecule has 0 spiro atoms. The van der Waals surface area contributed by atoms with Crippen LogP contribution in [0.5, 0.6) is 0 Å². The number of nitrogens with one attached hydrogen (secondary N) is 8. The second kappa shape index (κ2) is 35.6. The van der Waals surface area contributed by atoms with Crippen molar-refractivity contribution in [2.75, 3.05) is 33.7 Å². The summed E-state index contributed by atoms with van der Waals surface area (Å²) in [6, 6.07) is -5.18. The highest BCUT2D eigenvalue weighted by Crippen LogP contribution is 2.26. The van der Waals surface area contributed by atoms with Gasteiger partial charge in [-0.1, -0.05) is 107 Å². The van der Waals surface area contributed by atoms with Crippen molar-refractivity contribution in [2.24, 2.45) is 17.8 Å². The Balaban J connectivity index is 3.36. The van der Waals surface area contributed by atoms with Gasteiger partial charge in [0, 0.05) is 38.5 Å². The number of unbranched alkanes of at least 4 members (excludes halogenated alkanes) is 7. The molecule has 22 heteroatoms. The molecule has 81 heavy (non-hydrogen) atoms. The van der Waals surface area contributed by atoms with Gasteiger partial charge < -0.3 is 62.3 Å². The summed E-state index contributed by atoms with van der Waals surface area (Å²) in [5.41, 5.74) is -4.81. The Bertz CT molecular complexity index is 2050. The van der Waals surface area contributed by atoms with E-state index in [9.17, 15) is 53.1 Å². The maximum Gasteiger partial charge on any atom is 0.246 e. The summed E-state index contributed by atoms with van der Waals surface area (Å²) in [4.78, 5) is 143. The monoisotopic (exact) mass is 1150 g/mol. The molecule has 22 nitrogen and oxygen atoms in total. The fourth-order valence-electron chi connectivity index (χ4n) is 9.70. The first-order valence-electron chi connectivity index (χ1n) is 30.0. The number of likely N-dealkylation sites (tertiary alicyclic amines) is 1. The minimum atomic E-state index is -1.75. The van der Waals surface area contributed by atoms with E-state index in [1.807, 2.05) is 60.5 Å². The topological polar surface area (TPSA) is 297 Å². The van der Waals surface area contributed by atoms with E-state index in [1.54, 1.807) is 18.7 Å². The Morgan fingerprint density at radius 3 is 1.70 bits per heavy atom. The lowest BCUT2D eigenvalue weighted by Gasteiger charge is -2.38. The Kier molecular flexibility index (Phi) is 32.3. The quantitative estimate of drug-likeness (QED) is 0.0313. The highest BCUT2D eigenvalue weighted by atomic mass is 16.3. The summed E-state index contributed by atoms with van der Waals surface area (Å²) in [5, 5.41) is 33.5. The minimum Gasteiger partial charge on any atom is -0.390 e. The van der Waals surface area contributed by atoms with Crippen LogP contribution in [-0.2, 0) is 47.9 Å². The van der Waals surface area contributed by atoms with Gasteiger partial charge in [0.05, 0.1) is 6.10 Å². The molecule has 0 aromatic rings. The molecule has 1 aliphatic heterocycles. The molecule has 0 unspecified atom stereocenters. The van der Waals surface area contributed by atoms with Crippen molar-refractivity contribution in [3.8, 4) is 0 Å². The molecule has 0 aromatic carbocycles. The van der Waals surface area contributed by atoms with Gasteiger partial charge in [0.25, 0.3) is 0 Å². The normalized spacial score (nSPS) is 16.2. The first-order chi connectivity index (χ1) is 37.6. The van der Waals surface area contributed by atoms with Crippen LogP contribution in [0.4, 0.5) is 0 Å². The first-order valence-corrected chi connectivity index (χ1v) is 30.0. The van der Waals surface area contributed by atoms with Gasteiger partial charge in [-0.15, -0.1) is 0 Å². The number of hydrogen-bond acceptors (Lipinski definition) is 12. The Hall–Kier alpha value is -5.38. The van der Waals surface area contributed by atoms with Gasteiger partial charge in [0.15, 0.2) is 0 Å². The predicted octanol–water partition coefficient (Wildman–Crippen LogP) is 3.91. The van der Waals surface area contributed by atoms with Crippen LogP contribution in [0.3, 0.4) is 0 Å². The Morgan fingerprint density at radius 2 is 1.15 bits per heavy atom. The summed E-state index contributed by atoms with van der Waals surface area (Å²) in [6.45, 7) is 26.6. The molecule has 1 rings (SSSR count). The summed E-state index contributed by atoms with van der Waals surface area (Å²) in [6.07, 6.45) is 8.44. The van der Waals surface area contributed by atoms with Crippen LogP contribution < -0.4 is 42.5 Å². The molecule has 7 atom stereocenters. The highest BCUT2D eigenvalue weighted by molar-refractivity contribution is 5.99. The standard InChI is InChI=1S/C59H109N11O11/c1-18-20-22-23-24-26-28-44(70(37-71)46-29-27-33-69(46)47(73)30-25-21-19-2)52(77)64-48(49(74)40(7)8)53(78)66-58(12,13)55(80)63-42(34-38(3)4)50(75)62-43(35-39(5)6)51(76)65-59(14,15)56(81)67-57(10,11)54(79)60-32-31-45(72)61-41(9)36-68(16)17/h37-44,46,48-49,74H,18-36H2,1-17H3,(H,60,79)(H,61,72)(H,62,75)(H,63,80)(H,64,77)(H,65,76)(H,66,78)(H,67,81)/t41-,42-,43-,44-,46+,48-,49+/m0/s1. The lowest BCUT2D eigenvalue weighted by molar-refractivity contribution is -0.147. The molecule has 9 N–H and O–H groups in total. The zero-order valence-electron chi connectivity index (χ0n) is 52.7. The van der Waals surface area contributed by atoms with Crippen molar-refractivity contribution in [1.82, 2.24) is 57.2 Å². The van der Waals surface area contributed by atoms with Crippen LogP contribution in [0, 0.1) is 17.8 Å². The molecule has 0 bridgehead atoms. The number of carbonyl (C=O) groups is 10. The van der Waals surface area contributed by atoms with E-state index in [0.717, 1.165) is 44.9 Å². The second-order valence-electron chi connectivity index (χ2n) is 25.4. The second-order valence-corrected chi connectivity index (χ2v) is 25.4. The maximum atomic E-state index is 14.6. The van der Waals surface area contributed by atoms with E-state index < -0.39 is 100 Å². The molecular weight excluding hydrogens is 1040 g/mol. The van der Waals surface area contributed by atoms with Crippen LogP contribution in [0.15, 0.2) is 0 Å². The van der Waals surface area contributed by atoms with Crippen LogP contribution in [0.2, 0.25) is 0 Å². The fraction of sp³-hybridized carbons (Fsp3) is 0.831. The van der Waals surface area contributed by atoms with Gasteiger partial charge in [-0.2, -0.15) is 0 Å².